The number of rotatable bonds is 7. The molecule has 6 nitrogen and oxygen atoms in total. The van der Waals surface area contributed by atoms with E-state index in [0.717, 1.165) is 6.26 Å². The van der Waals surface area contributed by atoms with Gasteiger partial charge in [0.1, 0.15) is 0 Å². The molecule has 0 heterocycles. The molecule has 0 spiro atoms. The molecule has 0 aliphatic rings. The first-order valence-corrected chi connectivity index (χ1v) is 8.40. The minimum absolute atomic E-state index is 0.292. The van der Waals surface area contributed by atoms with E-state index in [2.05, 4.69) is 10.0 Å². The van der Waals surface area contributed by atoms with Gasteiger partial charge in [0, 0.05) is 18.6 Å². The van der Waals surface area contributed by atoms with Gasteiger partial charge in [0.05, 0.1) is 24.0 Å². The average Bonchev–Trinajstić information content (AvgIpc) is 2.35. The van der Waals surface area contributed by atoms with Crippen molar-refractivity contribution in [3.63, 3.8) is 0 Å². The van der Waals surface area contributed by atoms with E-state index in [0.29, 0.717) is 24.2 Å². The molecule has 21 heavy (non-hydrogen) atoms. The molecule has 116 valence electrons. The van der Waals surface area contributed by atoms with Gasteiger partial charge in [-0.3, -0.25) is 0 Å². The van der Waals surface area contributed by atoms with Crippen LogP contribution in [0.3, 0.4) is 0 Å². The minimum Gasteiger partial charge on any atom is -0.387 e. The number of sulfonamides is 1. The van der Waals surface area contributed by atoms with Crippen LogP contribution >= 0.6 is 0 Å². The van der Waals surface area contributed by atoms with Crippen molar-refractivity contribution in [2.24, 2.45) is 0 Å². The number of hydrogen-bond acceptors (Lipinski definition) is 5. The minimum atomic E-state index is -3.28. The summed E-state index contributed by atoms with van der Waals surface area (Å²) in [7, 11) is -3.28. The average molecular weight is 311 g/mol. The van der Waals surface area contributed by atoms with Crippen LogP contribution < -0.4 is 10.0 Å². The largest absolute Gasteiger partial charge is 0.387 e. The second kappa shape index (κ2) is 7.00. The molecule has 1 unspecified atom stereocenters. The van der Waals surface area contributed by atoms with Gasteiger partial charge in [-0.15, -0.1) is 0 Å². The lowest BCUT2D eigenvalue weighted by molar-refractivity contribution is 0.172. The van der Waals surface area contributed by atoms with Gasteiger partial charge in [-0.25, -0.2) is 13.1 Å². The van der Waals surface area contributed by atoms with Crippen LogP contribution in [0.5, 0.6) is 0 Å². The summed E-state index contributed by atoms with van der Waals surface area (Å²) in [5.41, 5.74) is 0.602. The quantitative estimate of drug-likeness (QED) is 0.681. The molecule has 1 atom stereocenters. The van der Waals surface area contributed by atoms with E-state index in [1.54, 1.807) is 38.1 Å². The molecule has 3 N–H and O–H groups in total. The highest BCUT2D eigenvalue weighted by molar-refractivity contribution is 7.88. The lowest BCUT2D eigenvalue weighted by Crippen LogP contribution is -2.50. The first kappa shape index (κ1) is 17.6. The van der Waals surface area contributed by atoms with Crippen LogP contribution in [-0.4, -0.2) is 38.4 Å². The van der Waals surface area contributed by atoms with Gasteiger partial charge in [0.2, 0.25) is 10.0 Å². The molecule has 0 saturated heterocycles. The standard InChI is InChI=1S/C14H21N3O3S/c1-14(2,17-21(3,19)20)10-16-9-13(18)12-6-4-11(8-15)5-7-12/h4-7,13,16-18H,9-10H2,1-3H3. The molecule has 7 heteroatoms. The van der Waals surface area contributed by atoms with E-state index in [4.69, 9.17) is 5.26 Å². The monoisotopic (exact) mass is 311 g/mol. The predicted molar refractivity (Wildman–Crippen MR) is 81.0 cm³/mol. The number of nitrogens with one attached hydrogen (secondary N) is 2. The third-order valence-electron chi connectivity index (χ3n) is 2.79. The van der Waals surface area contributed by atoms with Crippen LogP contribution in [0.2, 0.25) is 0 Å². The van der Waals surface area contributed by atoms with Crippen molar-refractivity contribution >= 4 is 10.0 Å². The Labute approximate surface area is 125 Å². The van der Waals surface area contributed by atoms with Crippen molar-refractivity contribution in [1.29, 1.82) is 5.26 Å². The molecule has 0 saturated carbocycles. The van der Waals surface area contributed by atoms with Crippen LogP contribution in [0.1, 0.15) is 31.1 Å². The van der Waals surface area contributed by atoms with Crippen molar-refractivity contribution < 1.29 is 13.5 Å². The van der Waals surface area contributed by atoms with Crippen LogP contribution in [0.4, 0.5) is 0 Å². The molecule has 0 aromatic heterocycles. The zero-order valence-corrected chi connectivity index (χ0v) is 13.2. The zero-order chi connectivity index (χ0) is 16.1. The molecule has 0 fully saturated rings. The van der Waals surface area contributed by atoms with Crippen molar-refractivity contribution in [2.75, 3.05) is 19.3 Å². The maximum absolute atomic E-state index is 11.2. The van der Waals surface area contributed by atoms with E-state index < -0.39 is 21.7 Å². The number of aliphatic hydroxyl groups is 1. The Hall–Kier alpha value is -1.46. The first-order chi connectivity index (χ1) is 9.63. The van der Waals surface area contributed by atoms with Gasteiger partial charge >= 0.3 is 0 Å². The summed E-state index contributed by atoms with van der Waals surface area (Å²) in [5, 5.41) is 21.8. The SMILES string of the molecule is CC(C)(CNCC(O)c1ccc(C#N)cc1)NS(C)(=O)=O. The smallest absolute Gasteiger partial charge is 0.209 e. The Bertz CT molecular complexity index is 603. The Morgan fingerprint density at radius 3 is 2.38 bits per heavy atom. The van der Waals surface area contributed by atoms with Gasteiger partial charge in [-0.05, 0) is 31.5 Å². The summed E-state index contributed by atoms with van der Waals surface area (Å²) in [5.74, 6) is 0. The predicted octanol–water partition coefficient (Wildman–Crippen LogP) is 0.509. The molecule has 0 bridgehead atoms. The lowest BCUT2D eigenvalue weighted by atomic mass is 10.1. The number of benzene rings is 1. The number of hydrogen-bond donors (Lipinski definition) is 3. The lowest BCUT2D eigenvalue weighted by Gasteiger charge is -2.26. The third-order valence-corrected chi connectivity index (χ3v) is 3.71. The fourth-order valence-corrected chi connectivity index (χ4v) is 3.03. The van der Waals surface area contributed by atoms with Crippen molar-refractivity contribution in [2.45, 2.75) is 25.5 Å². The van der Waals surface area contributed by atoms with E-state index in [-0.39, 0.29) is 0 Å². The van der Waals surface area contributed by atoms with Crippen LogP contribution in [0.15, 0.2) is 24.3 Å². The normalized spacial score (nSPS) is 13.7. The molecular weight excluding hydrogens is 290 g/mol. The Balaban J connectivity index is 2.49. The summed E-state index contributed by atoms with van der Waals surface area (Å²) in [4.78, 5) is 0. The first-order valence-electron chi connectivity index (χ1n) is 6.51. The molecule has 1 aromatic rings. The van der Waals surface area contributed by atoms with Gasteiger partial charge in [0.15, 0.2) is 0 Å². The second-order valence-electron chi connectivity index (χ2n) is 5.64. The van der Waals surface area contributed by atoms with Crippen molar-refractivity contribution in [3.8, 4) is 6.07 Å². The van der Waals surface area contributed by atoms with E-state index >= 15 is 0 Å². The van der Waals surface area contributed by atoms with E-state index in [1.165, 1.54) is 0 Å². The summed E-state index contributed by atoms with van der Waals surface area (Å²) < 4.78 is 24.9. The van der Waals surface area contributed by atoms with Gasteiger partial charge in [0.25, 0.3) is 0 Å². The zero-order valence-electron chi connectivity index (χ0n) is 12.4. The van der Waals surface area contributed by atoms with Crippen molar-refractivity contribution in [3.05, 3.63) is 35.4 Å². The number of nitriles is 1. The maximum atomic E-state index is 11.2. The van der Waals surface area contributed by atoms with Gasteiger partial charge in [-0.1, -0.05) is 12.1 Å². The molecule has 0 amide bonds. The third kappa shape index (κ3) is 6.69. The maximum Gasteiger partial charge on any atom is 0.209 e. The summed E-state index contributed by atoms with van der Waals surface area (Å²) >= 11 is 0. The highest BCUT2D eigenvalue weighted by Crippen LogP contribution is 2.13. The Kier molecular flexibility index (Phi) is 5.87. The number of aliphatic hydroxyl groups excluding tert-OH is 1. The Morgan fingerprint density at radius 1 is 1.33 bits per heavy atom. The molecule has 1 rings (SSSR count). The van der Waals surface area contributed by atoms with E-state index in [1.807, 2.05) is 6.07 Å². The Morgan fingerprint density at radius 2 is 1.90 bits per heavy atom. The fourth-order valence-electron chi connectivity index (χ4n) is 1.96. The summed E-state index contributed by atoms with van der Waals surface area (Å²) in [6, 6.07) is 8.71. The fraction of sp³-hybridized carbons (Fsp3) is 0.500. The summed E-state index contributed by atoms with van der Waals surface area (Å²) in [6.45, 7) is 4.19. The van der Waals surface area contributed by atoms with Crippen LogP contribution in [0.25, 0.3) is 0 Å². The van der Waals surface area contributed by atoms with Crippen molar-refractivity contribution in [1.82, 2.24) is 10.0 Å². The van der Waals surface area contributed by atoms with Gasteiger partial charge < -0.3 is 10.4 Å². The second-order valence-corrected chi connectivity index (χ2v) is 7.39. The number of nitrogens with zero attached hydrogens (tertiary/aromatic N) is 1. The highest BCUT2D eigenvalue weighted by Gasteiger charge is 2.22. The topological polar surface area (TPSA) is 102 Å². The molecule has 0 radical (unpaired) electrons. The van der Waals surface area contributed by atoms with Crippen LogP contribution in [0, 0.1) is 11.3 Å². The molecule has 1 aromatic carbocycles. The van der Waals surface area contributed by atoms with Crippen LogP contribution in [-0.2, 0) is 10.0 Å². The molecule has 0 aliphatic carbocycles. The van der Waals surface area contributed by atoms with E-state index in [9.17, 15) is 13.5 Å². The summed E-state index contributed by atoms with van der Waals surface area (Å²) in [6.07, 6.45) is 0.396. The van der Waals surface area contributed by atoms with Gasteiger partial charge in [-0.2, -0.15) is 5.26 Å². The highest BCUT2D eigenvalue weighted by atomic mass is 32.2. The molecule has 0 aliphatic heterocycles. The molecular formula is C14H21N3O3S.